The molecule has 1 N–H and O–H groups in total. The van der Waals surface area contributed by atoms with Gasteiger partial charge in [0.25, 0.3) is 0 Å². The van der Waals surface area contributed by atoms with E-state index in [4.69, 9.17) is 9.47 Å². The minimum absolute atomic E-state index is 0.0308. The van der Waals surface area contributed by atoms with Crippen LogP contribution in [0.2, 0.25) is 0 Å². The van der Waals surface area contributed by atoms with Gasteiger partial charge < -0.3 is 14.4 Å². The molecule has 0 aliphatic carbocycles. The molecule has 7 nitrogen and oxygen atoms in total. The Bertz CT molecular complexity index is 1020. The van der Waals surface area contributed by atoms with Gasteiger partial charge in [-0.05, 0) is 54.7 Å². The molecule has 1 aliphatic rings. The van der Waals surface area contributed by atoms with Crippen LogP contribution in [-0.2, 0) is 14.8 Å². The summed E-state index contributed by atoms with van der Waals surface area (Å²) in [6.45, 7) is 4.65. The summed E-state index contributed by atoms with van der Waals surface area (Å²) in [6.07, 6.45) is 1.83. The van der Waals surface area contributed by atoms with Crippen molar-refractivity contribution < 1.29 is 22.7 Å². The largest absolute Gasteiger partial charge is 0.497 e. The maximum absolute atomic E-state index is 13.3. The van der Waals surface area contributed by atoms with Gasteiger partial charge in [0.15, 0.2) is 0 Å². The number of anilines is 1. The number of benzene rings is 2. The molecular weight excluding hydrogens is 416 g/mol. The Kier molecular flexibility index (Phi) is 7.23. The zero-order chi connectivity index (χ0) is 22.6. The van der Waals surface area contributed by atoms with Gasteiger partial charge in [0, 0.05) is 19.0 Å². The Balaban J connectivity index is 1.93. The van der Waals surface area contributed by atoms with Gasteiger partial charge in [-0.15, -0.1) is 0 Å². The number of amides is 1. The highest BCUT2D eigenvalue weighted by Crippen LogP contribution is 2.34. The molecule has 1 saturated heterocycles. The highest BCUT2D eigenvalue weighted by atomic mass is 32.2. The normalized spacial score (nSPS) is 15.4. The summed E-state index contributed by atoms with van der Waals surface area (Å²) in [7, 11) is -0.737. The number of carbonyl (C=O) groups is 1. The molecule has 1 aliphatic heterocycles. The molecule has 2 aromatic carbocycles. The first-order chi connectivity index (χ1) is 14.7. The lowest BCUT2D eigenvalue weighted by Gasteiger charge is -2.23. The molecule has 0 aromatic heterocycles. The monoisotopic (exact) mass is 446 g/mol. The van der Waals surface area contributed by atoms with E-state index in [-0.39, 0.29) is 16.7 Å². The van der Waals surface area contributed by atoms with Gasteiger partial charge in [-0.1, -0.05) is 26.0 Å². The number of sulfonamides is 1. The van der Waals surface area contributed by atoms with Crippen molar-refractivity contribution >= 4 is 21.6 Å². The molecular formula is C23H30N2O5S. The molecule has 3 rings (SSSR count). The third kappa shape index (κ3) is 5.37. The fraction of sp³-hybridized carbons (Fsp3) is 0.435. The predicted molar refractivity (Wildman–Crippen MR) is 120 cm³/mol. The molecule has 31 heavy (non-hydrogen) atoms. The van der Waals surface area contributed by atoms with Crippen LogP contribution in [0.15, 0.2) is 47.4 Å². The SMILES string of the molecule is COc1ccc([C@H](CC(C)C)NS(=O)(=O)c2ccc(OC)c(N3CCCC3=O)c2)cc1. The van der Waals surface area contributed by atoms with Gasteiger partial charge in [0.1, 0.15) is 11.5 Å². The first kappa shape index (κ1) is 23.1. The molecule has 2 aromatic rings. The first-order valence-electron chi connectivity index (χ1n) is 10.4. The molecule has 8 heteroatoms. The summed E-state index contributed by atoms with van der Waals surface area (Å²) < 4.78 is 40.0. The first-order valence-corrected chi connectivity index (χ1v) is 11.9. The van der Waals surface area contributed by atoms with Crippen LogP contribution >= 0.6 is 0 Å². The van der Waals surface area contributed by atoms with Gasteiger partial charge >= 0.3 is 0 Å². The van der Waals surface area contributed by atoms with Gasteiger partial charge in [-0.2, -0.15) is 0 Å². The van der Waals surface area contributed by atoms with Gasteiger partial charge in [0.2, 0.25) is 15.9 Å². The second-order valence-corrected chi connectivity index (χ2v) is 9.77. The number of hydrogen-bond donors (Lipinski definition) is 1. The Hall–Kier alpha value is -2.58. The molecule has 1 amide bonds. The van der Waals surface area contributed by atoms with Gasteiger partial charge in [-0.25, -0.2) is 13.1 Å². The minimum Gasteiger partial charge on any atom is -0.497 e. The Morgan fingerprint density at radius 2 is 1.77 bits per heavy atom. The van der Waals surface area contributed by atoms with Crippen LogP contribution in [0.3, 0.4) is 0 Å². The maximum atomic E-state index is 13.3. The highest BCUT2D eigenvalue weighted by Gasteiger charge is 2.28. The van der Waals surface area contributed by atoms with Crippen LogP contribution in [0.4, 0.5) is 5.69 Å². The summed E-state index contributed by atoms with van der Waals surface area (Å²) in [5.74, 6) is 1.44. The van der Waals surface area contributed by atoms with E-state index in [1.807, 2.05) is 24.3 Å². The lowest BCUT2D eigenvalue weighted by atomic mass is 9.98. The number of hydrogen-bond acceptors (Lipinski definition) is 5. The van der Waals surface area contributed by atoms with Crippen molar-refractivity contribution in [3.63, 3.8) is 0 Å². The fourth-order valence-corrected chi connectivity index (χ4v) is 5.02. The highest BCUT2D eigenvalue weighted by molar-refractivity contribution is 7.89. The average Bonchev–Trinajstić information content (AvgIpc) is 3.18. The van der Waals surface area contributed by atoms with E-state index in [1.54, 1.807) is 18.1 Å². The van der Waals surface area contributed by atoms with E-state index in [0.29, 0.717) is 36.6 Å². The van der Waals surface area contributed by atoms with Crippen molar-refractivity contribution in [3.8, 4) is 11.5 Å². The van der Waals surface area contributed by atoms with Crippen molar-refractivity contribution in [1.82, 2.24) is 4.72 Å². The van der Waals surface area contributed by atoms with Crippen LogP contribution in [0.25, 0.3) is 0 Å². The smallest absolute Gasteiger partial charge is 0.241 e. The van der Waals surface area contributed by atoms with Crippen LogP contribution < -0.4 is 19.1 Å². The number of rotatable bonds is 9. The molecule has 1 heterocycles. The summed E-state index contributed by atoms with van der Waals surface area (Å²) in [5, 5.41) is 0. The number of nitrogens with one attached hydrogen (secondary N) is 1. The number of nitrogens with zero attached hydrogens (tertiary/aromatic N) is 1. The average molecular weight is 447 g/mol. The molecule has 1 fully saturated rings. The van der Waals surface area contributed by atoms with E-state index < -0.39 is 16.1 Å². The standard InChI is InChI=1S/C23H30N2O5S/c1-16(2)14-20(17-7-9-18(29-3)10-8-17)24-31(27,28)19-11-12-22(30-4)21(15-19)25-13-5-6-23(25)26/h7-12,15-16,20,24H,5-6,13-14H2,1-4H3/t20-/m0/s1. The summed E-state index contributed by atoms with van der Waals surface area (Å²) in [4.78, 5) is 13.9. The number of ether oxygens (including phenoxy) is 2. The van der Waals surface area contributed by atoms with E-state index in [2.05, 4.69) is 18.6 Å². The van der Waals surface area contributed by atoms with Gasteiger partial charge in [0.05, 0.1) is 24.8 Å². The molecule has 168 valence electrons. The van der Waals surface area contributed by atoms with E-state index in [9.17, 15) is 13.2 Å². The number of carbonyl (C=O) groups excluding carboxylic acids is 1. The second kappa shape index (κ2) is 9.70. The third-order valence-electron chi connectivity index (χ3n) is 5.35. The number of methoxy groups -OCH3 is 2. The Morgan fingerprint density at radius 3 is 2.32 bits per heavy atom. The third-order valence-corrected chi connectivity index (χ3v) is 6.82. The van der Waals surface area contributed by atoms with Crippen molar-refractivity contribution in [3.05, 3.63) is 48.0 Å². The lowest BCUT2D eigenvalue weighted by Crippen LogP contribution is -2.30. The van der Waals surface area contributed by atoms with Crippen molar-refractivity contribution in [2.45, 2.75) is 44.0 Å². The fourth-order valence-electron chi connectivity index (χ4n) is 3.77. The zero-order valence-electron chi connectivity index (χ0n) is 18.4. The summed E-state index contributed by atoms with van der Waals surface area (Å²) in [6, 6.07) is 11.6. The van der Waals surface area contributed by atoms with Crippen LogP contribution in [0.5, 0.6) is 11.5 Å². The van der Waals surface area contributed by atoms with Crippen molar-refractivity contribution in [2.75, 3.05) is 25.7 Å². The predicted octanol–water partition coefficient (Wildman–Crippen LogP) is 3.90. The molecule has 0 unspecified atom stereocenters. The summed E-state index contributed by atoms with van der Waals surface area (Å²) in [5.41, 5.74) is 1.35. The molecule has 0 radical (unpaired) electrons. The maximum Gasteiger partial charge on any atom is 0.241 e. The van der Waals surface area contributed by atoms with Crippen molar-refractivity contribution in [2.24, 2.45) is 5.92 Å². The molecule has 0 bridgehead atoms. The minimum atomic E-state index is -3.84. The second-order valence-electron chi connectivity index (χ2n) is 8.06. The Labute approximate surface area is 184 Å². The van der Waals surface area contributed by atoms with E-state index in [0.717, 1.165) is 12.0 Å². The summed E-state index contributed by atoms with van der Waals surface area (Å²) >= 11 is 0. The van der Waals surface area contributed by atoms with E-state index in [1.165, 1.54) is 19.2 Å². The van der Waals surface area contributed by atoms with Crippen LogP contribution in [0, 0.1) is 5.92 Å². The van der Waals surface area contributed by atoms with Crippen LogP contribution in [-0.4, -0.2) is 35.1 Å². The quantitative estimate of drug-likeness (QED) is 0.632. The molecule has 0 saturated carbocycles. The molecule has 1 atom stereocenters. The van der Waals surface area contributed by atoms with Gasteiger partial charge in [-0.3, -0.25) is 4.79 Å². The zero-order valence-corrected chi connectivity index (χ0v) is 19.2. The Morgan fingerprint density at radius 1 is 1.06 bits per heavy atom. The topological polar surface area (TPSA) is 84.9 Å². The van der Waals surface area contributed by atoms with E-state index >= 15 is 0 Å². The van der Waals surface area contributed by atoms with Crippen molar-refractivity contribution in [1.29, 1.82) is 0 Å². The molecule has 0 spiro atoms. The lowest BCUT2D eigenvalue weighted by molar-refractivity contribution is -0.117. The van der Waals surface area contributed by atoms with Crippen LogP contribution in [0.1, 0.15) is 44.7 Å².